The highest BCUT2D eigenvalue weighted by atomic mass is 16.4. The lowest BCUT2D eigenvalue weighted by Gasteiger charge is -2.07. The van der Waals surface area contributed by atoms with Crippen LogP contribution in [0.5, 0.6) is 0 Å². The van der Waals surface area contributed by atoms with E-state index in [1.165, 1.54) is 30.9 Å². The van der Waals surface area contributed by atoms with Gasteiger partial charge in [-0.2, -0.15) is 0 Å². The van der Waals surface area contributed by atoms with Gasteiger partial charge in [-0.25, -0.2) is 4.79 Å². The molecule has 0 spiro atoms. The zero-order valence-electron chi connectivity index (χ0n) is 11.2. The Balaban J connectivity index is 2.12. The van der Waals surface area contributed by atoms with Crippen LogP contribution in [0.25, 0.3) is 6.08 Å². The van der Waals surface area contributed by atoms with Crippen molar-refractivity contribution in [3.63, 3.8) is 0 Å². The van der Waals surface area contributed by atoms with E-state index in [0.717, 1.165) is 6.08 Å². The highest BCUT2D eigenvalue weighted by molar-refractivity contribution is 5.98. The van der Waals surface area contributed by atoms with Gasteiger partial charge in [-0.3, -0.25) is 9.78 Å². The van der Waals surface area contributed by atoms with Crippen molar-refractivity contribution >= 4 is 18.0 Å². The molecule has 1 amide bonds. The molecule has 0 aromatic carbocycles. The number of carbonyl (C=O) groups excluding carboxylic acids is 1. The lowest BCUT2D eigenvalue weighted by Crippen LogP contribution is -2.25. The zero-order valence-corrected chi connectivity index (χ0v) is 11.2. The molecule has 21 heavy (non-hydrogen) atoms. The van der Waals surface area contributed by atoms with Gasteiger partial charge in [-0.15, -0.1) is 10.2 Å². The summed E-state index contributed by atoms with van der Waals surface area (Å²) in [6.07, 6.45) is 6.71. The molecule has 0 fully saturated rings. The summed E-state index contributed by atoms with van der Waals surface area (Å²) in [4.78, 5) is 26.6. The summed E-state index contributed by atoms with van der Waals surface area (Å²) in [6.45, 7) is 0.222. The summed E-state index contributed by atoms with van der Waals surface area (Å²) in [6, 6.07) is 1.52. The Morgan fingerprint density at radius 3 is 2.95 bits per heavy atom. The summed E-state index contributed by atoms with van der Waals surface area (Å²) in [5, 5.41) is 18.9. The van der Waals surface area contributed by atoms with Crippen molar-refractivity contribution in [3.05, 3.63) is 47.8 Å². The number of pyridine rings is 1. The van der Waals surface area contributed by atoms with Gasteiger partial charge in [0.05, 0.1) is 6.54 Å². The highest BCUT2D eigenvalue weighted by Crippen LogP contribution is 2.09. The van der Waals surface area contributed by atoms with Gasteiger partial charge < -0.3 is 15.0 Å². The standard InChI is InChI=1S/C13H13N5O3/c1-18-8-16-17-11(18)7-15-13(21)10-4-5-14-6-9(10)2-3-12(19)20/h2-6,8H,7H2,1H3,(H,15,21)(H,19,20). The Kier molecular flexibility index (Phi) is 4.39. The average molecular weight is 287 g/mol. The third kappa shape index (κ3) is 3.72. The predicted molar refractivity (Wildman–Crippen MR) is 73.1 cm³/mol. The number of carboxylic acid groups (broad SMARTS) is 1. The van der Waals surface area contributed by atoms with Crippen LogP contribution in [0.1, 0.15) is 21.7 Å². The van der Waals surface area contributed by atoms with E-state index in [9.17, 15) is 9.59 Å². The number of carbonyl (C=O) groups is 2. The molecule has 0 aliphatic rings. The quantitative estimate of drug-likeness (QED) is 0.762. The van der Waals surface area contributed by atoms with Gasteiger partial charge in [-0.1, -0.05) is 0 Å². The number of aliphatic carboxylic acids is 1. The van der Waals surface area contributed by atoms with Gasteiger partial charge in [0.2, 0.25) is 0 Å². The van der Waals surface area contributed by atoms with E-state index in [2.05, 4.69) is 20.5 Å². The van der Waals surface area contributed by atoms with Crippen molar-refractivity contribution in [3.8, 4) is 0 Å². The molecule has 8 heteroatoms. The summed E-state index contributed by atoms with van der Waals surface area (Å²) >= 11 is 0. The predicted octanol–water partition coefficient (Wildman–Crippen LogP) is 0.238. The van der Waals surface area contributed by atoms with E-state index in [1.807, 2.05) is 0 Å². The van der Waals surface area contributed by atoms with E-state index in [1.54, 1.807) is 11.6 Å². The number of rotatable bonds is 5. The molecule has 0 aliphatic heterocycles. The molecule has 2 aromatic rings. The largest absolute Gasteiger partial charge is 0.478 e. The van der Waals surface area contributed by atoms with Crippen LogP contribution < -0.4 is 5.32 Å². The van der Waals surface area contributed by atoms with E-state index in [4.69, 9.17) is 5.11 Å². The molecular formula is C13H13N5O3. The van der Waals surface area contributed by atoms with Crippen LogP contribution in [0.15, 0.2) is 30.9 Å². The summed E-state index contributed by atoms with van der Waals surface area (Å²) in [5.74, 6) is -0.824. The average Bonchev–Trinajstić information content (AvgIpc) is 2.88. The van der Waals surface area contributed by atoms with Crippen molar-refractivity contribution in [2.45, 2.75) is 6.54 Å². The molecule has 2 aromatic heterocycles. The second-order valence-electron chi connectivity index (χ2n) is 4.18. The summed E-state index contributed by atoms with van der Waals surface area (Å²) in [5.41, 5.74) is 0.764. The van der Waals surface area contributed by atoms with Gasteiger partial charge in [0.25, 0.3) is 5.91 Å². The minimum Gasteiger partial charge on any atom is -0.478 e. The Morgan fingerprint density at radius 1 is 1.48 bits per heavy atom. The van der Waals surface area contributed by atoms with Crippen molar-refractivity contribution < 1.29 is 14.7 Å². The first kappa shape index (κ1) is 14.4. The van der Waals surface area contributed by atoms with E-state index < -0.39 is 5.97 Å². The monoisotopic (exact) mass is 287 g/mol. The van der Waals surface area contributed by atoms with Crippen LogP contribution in [0.2, 0.25) is 0 Å². The second kappa shape index (κ2) is 6.42. The second-order valence-corrected chi connectivity index (χ2v) is 4.18. The minimum absolute atomic E-state index is 0.222. The molecule has 2 N–H and O–H groups in total. The van der Waals surface area contributed by atoms with Crippen LogP contribution >= 0.6 is 0 Å². The minimum atomic E-state index is -1.09. The van der Waals surface area contributed by atoms with Gasteiger partial charge >= 0.3 is 5.97 Å². The SMILES string of the molecule is Cn1cnnc1CNC(=O)c1ccncc1C=CC(=O)O. The third-order valence-corrected chi connectivity index (χ3v) is 2.71. The first-order chi connectivity index (χ1) is 10.1. The molecule has 0 aliphatic carbocycles. The normalized spacial score (nSPS) is 10.7. The number of hydrogen-bond donors (Lipinski definition) is 2. The maximum atomic E-state index is 12.1. The Hall–Kier alpha value is -3.03. The number of amides is 1. The molecule has 0 saturated heterocycles. The molecule has 108 valence electrons. The highest BCUT2D eigenvalue weighted by Gasteiger charge is 2.11. The molecule has 0 atom stereocenters. The van der Waals surface area contributed by atoms with Gasteiger partial charge in [0.1, 0.15) is 6.33 Å². The van der Waals surface area contributed by atoms with Crippen LogP contribution in [0.3, 0.4) is 0 Å². The molecular weight excluding hydrogens is 274 g/mol. The van der Waals surface area contributed by atoms with Gasteiger partial charge in [0, 0.05) is 36.6 Å². The van der Waals surface area contributed by atoms with E-state index >= 15 is 0 Å². The molecule has 0 bridgehead atoms. The smallest absolute Gasteiger partial charge is 0.328 e. The van der Waals surface area contributed by atoms with Crippen molar-refractivity contribution in [2.75, 3.05) is 0 Å². The van der Waals surface area contributed by atoms with Gasteiger partial charge in [0.15, 0.2) is 5.82 Å². The first-order valence-electron chi connectivity index (χ1n) is 6.04. The zero-order chi connectivity index (χ0) is 15.2. The number of hydrogen-bond acceptors (Lipinski definition) is 5. The Labute approximate surface area is 120 Å². The fraction of sp³-hybridized carbons (Fsp3) is 0.154. The summed E-state index contributed by atoms with van der Waals surface area (Å²) in [7, 11) is 1.77. The third-order valence-electron chi connectivity index (χ3n) is 2.71. The number of aryl methyl sites for hydroxylation is 1. The van der Waals surface area contributed by atoms with E-state index in [-0.39, 0.29) is 12.5 Å². The van der Waals surface area contributed by atoms with Crippen LogP contribution in [0.4, 0.5) is 0 Å². The first-order valence-corrected chi connectivity index (χ1v) is 6.04. The Morgan fingerprint density at radius 2 is 2.29 bits per heavy atom. The van der Waals surface area contributed by atoms with Crippen molar-refractivity contribution in [1.29, 1.82) is 0 Å². The number of aromatic nitrogens is 4. The Bertz CT molecular complexity index is 693. The molecule has 2 heterocycles. The fourth-order valence-corrected chi connectivity index (χ4v) is 1.63. The van der Waals surface area contributed by atoms with Crippen LogP contribution in [-0.2, 0) is 18.4 Å². The number of nitrogens with one attached hydrogen (secondary N) is 1. The lowest BCUT2D eigenvalue weighted by atomic mass is 10.1. The molecule has 0 radical (unpaired) electrons. The lowest BCUT2D eigenvalue weighted by molar-refractivity contribution is -0.131. The van der Waals surface area contributed by atoms with Gasteiger partial charge in [-0.05, 0) is 12.1 Å². The van der Waals surface area contributed by atoms with Crippen molar-refractivity contribution in [1.82, 2.24) is 25.1 Å². The van der Waals surface area contributed by atoms with Crippen LogP contribution in [0, 0.1) is 0 Å². The molecule has 8 nitrogen and oxygen atoms in total. The van der Waals surface area contributed by atoms with Crippen LogP contribution in [-0.4, -0.2) is 36.7 Å². The number of nitrogens with zero attached hydrogens (tertiary/aromatic N) is 4. The number of carboxylic acids is 1. The molecule has 0 unspecified atom stereocenters. The molecule has 2 rings (SSSR count). The molecule has 0 saturated carbocycles. The fourth-order valence-electron chi connectivity index (χ4n) is 1.63. The maximum Gasteiger partial charge on any atom is 0.328 e. The topological polar surface area (TPSA) is 110 Å². The van der Waals surface area contributed by atoms with E-state index in [0.29, 0.717) is 17.0 Å². The van der Waals surface area contributed by atoms with Crippen molar-refractivity contribution in [2.24, 2.45) is 7.05 Å². The maximum absolute atomic E-state index is 12.1. The summed E-state index contributed by atoms with van der Waals surface area (Å²) < 4.78 is 1.69.